The highest BCUT2D eigenvalue weighted by atomic mass is 16.6. The van der Waals surface area contributed by atoms with Crippen LogP contribution in [0, 0.1) is 0 Å². The van der Waals surface area contributed by atoms with Gasteiger partial charge in [-0.1, -0.05) is 18.2 Å². The lowest BCUT2D eigenvalue weighted by atomic mass is 10.2. The predicted octanol–water partition coefficient (Wildman–Crippen LogP) is 2.94. The molecule has 0 spiro atoms. The average Bonchev–Trinajstić information content (AvgIpc) is 2.87. The molecule has 0 aliphatic heterocycles. The van der Waals surface area contributed by atoms with E-state index in [0.717, 1.165) is 5.39 Å². The molecular weight excluding hydrogens is 272 g/mol. The quantitative estimate of drug-likeness (QED) is 0.366. The predicted molar refractivity (Wildman–Crippen MR) is 77.5 cm³/mol. The number of furan rings is 1. The van der Waals surface area contributed by atoms with Gasteiger partial charge < -0.3 is 13.9 Å². The van der Waals surface area contributed by atoms with Crippen molar-refractivity contribution in [2.45, 2.75) is 13.8 Å². The summed E-state index contributed by atoms with van der Waals surface area (Å²) < 4.78 is 15.3. The first-order valence-electron chi connectivity index (χ1n) is 6.70. The smallest absolute Gasteiger partial charge is 0.345 e. The number of hydrogen-bond acceptors (Lipinski definition) is 5. The molecule has 0 fully saturated rings. The van der Waals surface area contributed by atoms with Crippen molar-refractivity contribution in [1.82, 2.24) is 0 Å². The van der Waals surface area contributed by atoms with Gasteiger partial charge in [-0.25, -0.2) is 9.59 Å². The van der Waals surface area contributed by atoms with Crippen molar-refractivity contribution in [3.63, 3.8) is 0 Å². The van der Waals surface area contributed by atoms with E-state index < -0.39 is 11.9 Å². The normalized spacial score (nSPS) is 10.2. The minimum Gasteiger partial charge on any atom is -0.462 e. The van der Waals surface area contributed by atoms with Crippen LogP contribution in [0.3, 0.4) is 0 Å². The van der Waals surface area contributed by atoms with E-state index in [9.17, 15) is 9.59 Å². The summed E-state index contributed by atoms with van der Waals surface area (Å²) in [7, 11) is 0. The molecule has 5 heteroatoms. The third-order valence-electron chi connectivity index (χ3n) is 2.72. The van der Waals surface area contributed by atoms with E-state index in [1.165, 1.54) is 6.08 Å². The molecule has 0 bridgehead atoms. The van der Waals surface area contributed by atoms with E-state index in [2.05, 4.69) is 0 Å². The molecule has 0 saturated carbocycles. The molecule has 5 nitrogen and oxygen atoms in total. The van der Waals surface area contributed by atoms with Gasteiger partial charge in [0.15, 0.2) is 0 Å². The zero-order valence-corrected chi connectivity index (χ0v) is 11.9. The highest BCUT2D eigenvalue weighted by Crippen LogP contribution is 2.21. The molecule has 0 unspecified atom stereocenters. The molecule has 110 valence electrons. The fourth-order valence-corrected chi connectivity index (χ4v) is 1.83. The van der Waals surface area contributed by atoms with Gasteiger partial charge in [0.05, 0.1) is 13.2 Å². The Labute approximate surface area is 122 Å². The lowest BCUT2D eigenvalue weighted by Gasteiger charge is -2.05. The molecule has 0 N–H and O–H groups in total. The molecular formula is C16H16O5. The van der Waals surface area contributed by atoms with Crippen LogP contribution in [0.1, 0.15) is 19.6 Å². The second-order valence-corrected chi connectivity index (χ2v) is 4.19. The summed E-state index contributed by atoms with van der Waals surface area (Å²) in [6.07, 6.45) is 1.34. The van der Waals surface area contributed by atoms with Crippen LogP contribution in [0.2, 0.25) is 0 Å². The fraction of sp³-hybridized carbons (Fsp3) is 0.250. The van der Waals surface area contributed by atoms with Gasteiger partial charge >= 0.3 is 11.9 Å². The van der Waals surface area contributed by atoms with Crippen molar-refractivity contribution >= 4 is 29.0 Å². The highest BCUT2D eigenvalue weighted by Gasteiger charge is 2.21. The number of carbonyl (C=O) groups is 2. The van der Waals surface area contributed by atoms with Crippen LogP contribution in [-0.2, 0) is 19.1 Å². The Morgan fingerprint density at radius 3 is 2.29 bits per heavy atom. The number of hydrogen-bond donors (Lipinski definition) is 0. The number of esters is 2. The minimum absolute atomic E-state index is 0.176. The zero-order valence-electron chi connectivity index (χ0n) is 11.9. The van der Waals surface area contributed by atoms with E-state index in [1.807, 2.05) is 18.2 Å². The fourth-order valence-electron chi connectivity index (χ4n) is 1.83. The minimum atomic E-state index is -0.726. The topological polar surface area (TPSA) is 65.7 Å². The first-order chi connectivity index (χ1) is 10.2. The summed E-state index contributed by atoms with van der Waals surface area (Å²) in [5.41, 5.74) is 0.494. The number of fused-ring (bicyclic) bond motifs is 1. The van der Waals surface area contributed by atoms with Crippen LogP contribution in [0.15, 0.2) is 40.3 Å². The lowest BCUT2D eigenvalue weighted by Crippen LogP contribution is -2.18. The second kappa shape index (κ2) is 6.74. The maximum atomic E-state index is 11.8. The van der Waals surface area contributed by atoms with Gasteiger partial charge in [0, 0.05) is 11.5 Å². The third-order valence-corrected chi connectivity index (χ3v) is 2.72. The molecule has 2 aromatic rings. The zero-order chi connectivity index (χ0) is 15.2. The van der Waals surface area contributed by atoms with Crippen LogP contribution < -0.4 is 0 Å². The Morgan fingerprint density at radius 2 is 1.71 bits per heavy atom. The Hall–Kier alpha value is -2.56. The molecule has 1 heterocycles. The van der Waals surface area contributed by atoms with Crippen molar-refractivity contribution in [2.24, 2.45) is 0 Å². The number of rotatable bonds is 5. The number of benzene rings is 1. The summed E-state index contributed by atoms with van der Waals surface area (Å²) in [6, 6.07) is 9.15. The molecule has 1 aromatic heterocycles. The van der Waals surface area contributed by atoms with E-state index in [-0.39, 0.29) is 18.8 Å². The molecule has 1 aromatic carbocycles. The monoisotopic (exact) mass is 288 g/mol. The first kappa shape index (κ1) is 14.8. The van der Waals surface area contributed by atoms with Gasteiger partial charge in [-0.3, -0.25) is 0 Å². The van der Waals surface area contributed by atoms with Crippen LogP contribution in [0.25, 0.3) is 17.0 Å². The van der Waals surface area contributed by atoms with Crippen molar-refractivity contribution in [1.29, 1.82) is 0 Å². The summed E-state index contributed by atoms with van der Waals surface area (Å²) in [4.78, 5) is 23.7. The summed E-state index contributed by atoms with van der Waals surface area (Å²) >= 11 is 0. The van der Waals surface area contributed by atoms with Crippen LogP contribution in [-0.4, -0.2) is 25.2 Å². The van der Waals surface area contributed by atoms with Crippen LogP contribution in [0.5, 0.6) is 0 Å². The van der Waals surface area contributed by atoms with Crippen LogP contribution in [0.4, 0.5) is 0 Å². The molecule has 0 radical (unpaired) electrons. The molecule has 0 saturated heterocycles. The van der Waals surface area contributed by atoms with Gasteiger partial charge in [-0.05, 0) is 26.0 Å². The molecule has 0 atom stereocenters. The molecule has 0 amide bonds. The third kappa shape index (κ3) is 3.51. The van der Waals surface area contributed by atoms with E-state index in [1.54, 1.807) is 26.0 Å². The lowest BCUT2D eigenvalue weighted by molar-refractivity contribution is -0.146. The van der Waals surface area contributed by atoms with Crippen LogP contribution >= 0.6 is 0 Å². The summed E-state index contributed by atoms with van der Waals surface area (Å²) in [5.74, 6) is -1.06. The Kier molecular flexibility index (Phi) is 4.77. The Balaban J connectivity index is 2.38. The van der Waals surface area contributed by atoms with Gasteiger partial charge in [0.25, 0.3) is 0 Å². The van der Waals surface area contributed by atoms with Gasteiger partial charge in [-0.2, -0.15) is 0 Å². The largest absolute Gasteiger partial charge is 0.462 e. The molecule has 0 aliphatic rings. The van der Waals surface area contributed by atoms with Gasteiger partial charge in [0.1, 0.15) is 16.9 Å². The summed E-state index contributed by atoms with van der Waals surface area (Å²) in [5, 5.41) is 0.885. The van der Waals surface area contributed by atoms with Crippen molar-refractivity contribution < 1.29 is 23.5 Å². The Morgan fingerprint density at radius 1 is 1.10 bits per heavy atom. The number of para-hydroxylation sites is 1. The van der Waals surface area contributed by atoms with E-state index in [4.69, 9.17) is 13.9 Å². The maximum Gasteiger partial charge on any atom is 0.345 e. The van der Waals surface area contributed by atoms with Crippen molar-refractivity contribution in [3.8, 4) is 0 Å². The SMILES string of the molecule is CCOC(=O)C(=Cc1cc2ccccc2o1)C(=O)OCC. The average molecular weight is 288 g/mol. The number of carbonyl (C=O) groups excluding carboxylic acids is 2. The van der Waals surface area contributed by atoms with Crippen molar-refractivity contribution in [3.05, 3.63) is 41.7 Å². The summed E-state index contributed by atoms with van der Waals surface area (Å²) in [6.45, 7) is 3.69. The first-order valence-corrected chi connectivity index (χ1v) is 6.70. The van der Waals surface area contributed by atoms with Gasteiger partial charge in [0.2, 0.25) is 0 Å². The Bertz CT molecular complexity index is 628. The molecule has 0 aliphatic carbocycles. The van der Waals surface area contributed by atoms with E-state index in [0.29, 0.717) is 11.3 Å². The molecule has 21 heavy (non-hydrogen) atoms. The van der Waals surface area contributed by atoms with Crippen molar-refractivity contribution in [2.75, 3.05) is 13.2 Å². The van der Waals surface area contributed by atoms with E-state index >= 15 is 0 Å². The highest BCUT2D eigenvalue weighted by molar-refractivity contribution is 6.17. The second-order valence-electron chi connectivity index (χ2n) is 4.19. The molecule has 2 rings (SSSR count). The van der Waals surface area contributed by atoms with Gasteiger partial charge in [-0.15, -0.1) is 0 Å². The maximum absolute atomic E-state index is 11.8. The number of ether oxygens (including phenoxy) is 2. The standard InChI is InChI=1S/C16H16O5/c1-3-19-15(17)13(16(18)20-4-2)10-12-9-11-7-5-6-8-14(11)21-12/h5-10H,3-4H2,1-2H3.